The minimum absolute atomic E-state index is 0.116. The third-order valence-electron chi connectivity index (χ3n) is 5.42. The van der Waals surface area contributed by atoms with E-state index in [1.165, 1.54) is 17.1 Å². The molecule has 1 fully saturated rings. The van der Waals surface area contributed by atoms with Crippen molar-refractivity contribution >= 4 is 29.4 Å². The second kappa shape index (κ2) is 10.5. The van der Waals surface area contributed by atoms with Crippen molar-refractivity contribution in [3.8, 4) is 6.07 Å². The molecule has 0 atom stereocenters. The Kier molecular flexibility index (Phi) is 7.78. The molecular weight excluding hydrogens is 392 g/mol. The van der Waals surface area contributed by atoms with Crippen LogP contribution in [0, 0.1) is 25.2 Å². The number of nitrogens with zero attached hydrogens (tertiary/aromatic N) is 3. The molecule has 0 spiro atoms. The standard InChI is InChI=1S/C24H30N4OS/c1-4-8-28-18(2)13-21(19(28)3)15-22(16-25)24(29)26-23-7-5-6-20(14-23)17-27-9-11-30-12-10-27/h5-7,13-15H,4,8-12,17H2,1-3H3,(H,26,29)/b22-15+. The lowest BCUT2D eigenvalue weighted by Gasteiger charge is -2.26. The van der Waals surface area contributed by atoms with Crippen molar-refractivity contribution in [2.24, 2.45) is 0 Å². The molecule has 1 amide bonds. The van der Waals surface area contributed by atoms with E-state index in [9.17, 15) is 10.1 Å². The van der Waals surface area contributed by atoms with Crippen LogP contribution in [0.15, 0.2) is 35.9 Å². The number of nitriles is 1. The minimum Gasteiger partial charge on any atom is -0.349 e. The lowest BCUT2D eigenvalue weighted by atomic mass is 10.1. The van der Waals surface area contributed by atoms with Gasteiger partial charge < -0.3 is 9.88 Å². The molecule has 1 aromatic carbocycles. The van der Waals surface area contributed by atoms with Crippen molar-refractivity contribution in [3.63, 3.8) is 0 Å². The lowest BCUT2D eigenvalue weighted by Crippen LogP contribution is -2.31. The zero-order valence-electron chi connectivity index (χ0n) is 18.1. The van der Waals surface area contributed by atoms with Crippen molar-refractivity contribution in [1.29, 1.82) is 5.26 Å². The summed E-state index contributed by atoms with van der Waals surface area (Å²) in [4.78, 5) is 15.2. The van der Waals surface area contributed by atoms with Gasteiger partial charge in [-0.2, -0.15) is 17.0 Å². The SMILES string of the molecule is CCCn1c(C)cc(/C=C(\C#N)C(=O)Nc2cccc(CN3CCSCC3)c2)c1C. The molecule has 2 aromatic rings. The van der Waals surface area contributed by atoms with Gasteiger partial charge in [0.1, 0.15) is 11.6 Å². The van der Waals surface area contributed by atoms with E-state index in [0.29, 0.717) is 0 Å². The predicted molar refractivity (Wildman–Crippen MR) is 125 cm³/mol. The molecule has 158 valence electrons. The molecule has 0 saturated carbocycles. The summed E-state index contributed by atoms with van der Waals surface area (Å²) in [6.45, 7) is 10.2. The van der Waals surface area contributed by atoms with Gasteiger partial charge in [0, 0.05) is 54.8 Å². The van der Waals surface area contributed by atoms with Gasteiger partial charge in [0.25, 0.3) is 5.91 Å². The summed E-state index contributed by atoms with van der Waals surface area (Å²) in [6.07, 6.45) is 2.73. The maximum Gasteiger partial charge on any atom is 0.266 e. The van der Waals surface area contributed by atoms with E-state index < -0.39 is 0 Å². The zero-order chi connectivity index (χ0) is 21.5. The monoisotopic (exact) mass is 422 g/mol. The van der Waals surface area contributed by atoms with Crippen LogP contribution in [0.2, 0.25) is 0 Å². The van der Waals surface area contributed by atoms with E-state index in [2.05, 4.69) is 40.8 Å². The molecule has 1 aliphatic rings. The number of aromatic nitrogens is 1. The van der Waals surface area contributed by atoms with E-state index in [-0.39, 0.29) is 11.5 Å². The predicted octanol–water partition coefficient (Wildman–Crippen LogP) is 4.61. The smallest absolute Gasteiger partial charge is 0.266 e. The minimum atomic E-state index is -0.371. The Hall–Kier alpha value is -2.49. The van der Waals surface area contributed by atoms with Crippen LogP contribution in [0.3, 0.4) is 0 Å². The van der Waals surface area contributed by atoms with Gasteiger partial charge in [-0.25, -0.2) is 0 Å². The lowest BCUT2D eigenvalue weighted by molar-refractivity contribution is -0.112. The average Bonchev–Trinajstić information content (AvgIpc) is 3.00. The first-order chi connectivity index (χ1) is 14.5. The largest absolute Gasteiger partial charge is 0.349 e. The first-order valence-electron chi connectivity index (χ1n) is 10.5. The van der Waals surface area contributed by atoms with Gasteiger partial charge in [0.15, 0.2) is 0 Å². The number of benzene rings is 1. The number of hydrogen-bond acceptors (Lipinski definition) is 4. The van der Waals surface area contributed by atoms with Crippen LogP contribution in [0.1, 0.15) is 35.9 Å². The molecule has 0 unspecified atom stereocenters. The van der Waals surface area contributed by atoms with E-state index in [1.807, 2.05) is 43.0 Å². The number of rotatable bonds is 7. The molecule has 1 aliphatic heterocycles. The molecule has 30 heavy (non-hydrogen) atoms. The van der Waals surface area contributed by atoms with Gasteiger partial charge in [0.05, 0.1) is 0 Å². The van der Waals surface area contributed by atoms with Gasteiger partial charge in [-0.05, 0) is 55.7 Å². The highest BCUT2D eigenvalue weighted by atomic mass is 32.2. The average molecular weight is 423 g/mol. The maximum absolute atomic E-state index is 12.8. The highest BCUT2D eigenvalue weighted by Crippen LogP contribution is 2.20. The third-order valence-corrected chi connectivity index (χ3v) is 6.36. The van der Waals surface area contributed by atoms with Crippen LogP contribution in [0.4, 0.5) is 5.69 Å². The van der Waals surface area contributed by atoms with Crippen LogP contribution in [-0.2, 0) is 17.9 Å². The van der Waals surface area contributed by atoms with Gasteiger partial charge in [-0.1, -0.05) is 19.1 Å². The van der Waals surface area contributed by atoms with Gasteiger partial charge >= 0.3 is 0 Å². The van der Waals surface area contributed by atoms with Crippen LogP contribution in [0.25, 0.3) is 6.08 Å². The third kappa shape index (κ3) is 5.56. The Morgan fingerprint density at radius 2 is 2.03 bits per heavy atom. The second-order valence-corrected chi connectivity index (χ2v) is 8.92. The molecule has 2 heterocycles. The molecule has 5 nitrogen and oxygen atoms in total. The highest BCUT2D eigenvalue weighted by Gasteiger charge is 2.14. The number of amides is 1. The van der Waals surface area contributed by atoms with Crippen molar-refractivity contribution in [2.45, 2.75) is 40.3 Å². The van der Waals surface area contributed by atoms with Gasteiger partial charge in [-0.3, -0.25) is 9.69 Å². The van der Waals surface area contributed by atoms with Crippen LogP contribution >= 0.6 is 11.8 Å². The molecular formula is C24H30N4OS. The molecule has 1 aromatic heterocycles. The summed E-state index contributed by atoms with van der Waals surface area (Å²) in [5.74, 6) is 1.97. The summed E-state index contributed by atoms with van der Waals surface area (Å²) >= 11 is 2.00. The second-order valence-electron chi connectivity index (χ2n) is 7.69. The number of thioether (sulfide) groups is 1. The van der Waals surface area contributed by atoms with Crippen molar-refractivity contribution in [2.75, 3.05) is 29.9 Å². The Labute approximate surface area is 183 Å². The Bertz CT molecular complexity index is 964. The fraction of sp³-hybridized carbons (Fsp3) is 0.417. The molecule has 3 rings (SSSR count). The van der Waals surface area contributed by atoms with Crippen LogP contribution < -0.4 is 5.32 Å². The molecule has 1 N–H and O–H groups in total. The number of carbonyl (C=O) groups excluding carboxylic acids is 1. The molecule has 0 radical (unpaired) electrons. The molecule has 0 aliphatic carbocycles. The fourth-order valence-corrected chi connectivity index (χ4v) is 4.79. The summed E-state index contributed by atoms with van der Waals surface area (Å²) in [6, 6.07) is 12.0. The normalized spacial score (nSPS) is 15.1. The summed E-state index contributed by atoms with van der Waals surface area (Å²) in [5, 5.41) is 12.5. The number of hydrogen-bond donors (Lipinski definition) is 1. The number of aryl methyl sites for hydroxylation is 1. The zero-order valence-corrected chi connectivity index (χ0v) is 18.9. The van der Waals surface area contributed by atoms with E-state index in [4.69, 9.17) is 0 Å². The number of anilines is 1. The summed E-state index contributed by atoms with van der Waals surface area (Å²) < 4.78 is 2.22. The van der Waals surface area contributed by atoms with Gasteiger partial charge in [0.2, 0.25) is 0 Å². The van der Waals surface area contributed by atoms with Crippen LogP contribution in [-0.4, -0.2) is 40.0 Å². The molecule has 6 heteroatoms. The molecule has 1 saturated heterocycles. The van der Waals surface area contributed by atoms with E-state index >= 15 is 0 Å². The van der Waals surface area contributed by atoms with Crippen molar-refractivity contribution in [1.82, 2.24) is 9.47 Å². The Balaban J connectivity index is 1.72. The topological polar surface area (TPSA) is 61.1 Å². The number of nitrogens with one attached hydrogen (secondary N) is 1. The van der Waals surface area contributed by atoms with Crippen molar-refractivity contribution < 1.29 is 4.79 Å². The molecule has 0 bridgehead atoms. The van der Waals surface area contributed by atoms with Gasteiger partial charge in [-0.15, -0.1) is 0 Å². The summed E-state index contributed by atoms with van der Waals surface area (Å²) in [5.41, 5.74) is 5.15. The van der Waals surface area contributed by atoms with Crippen molar-refractivity contribution in [3.05, 3.63) is 58.4 Å². The summed E-state index contributed by atoms with van der Waals surface area (Å²) in [7, 11) is 0. The first-order valence-corrected chi connectivity index (χ1v) is 11.7. The number of carbonyl (C=O) groups is 1. The fourth-order valence-electron chi connectivity index (χ4n) is 3.81. The van der Waals surface area contributed by atoms with E-state index in [0.717, 1.165) is 55.2 Å². The Morgan fingerprint density at radius 3 is 2.73 bits per heavy atom. The van der Waals surface area contributed by atoms with E-state index in [1.54, 1.807) is 6.08 Å². The maximum atomic E-state index is 12.8. The van der Waals surface area contributed by atoms with Crippen LogP contribution in [0.5, 0.6) is 0 Å². The Morgan fingerprint density at radius 1 is 1.27 bits per heavy atom. The first kappa shape index (κ1) is 22.2. The highest BCUT2D eigenvalue weighted by molar-refractivity contribution is 7.99. The quantitative estimate of drug-likeness (QED) is 0.523.